The van der Waals surface area contributed by atoms with Gasteiger partial charge < -0.3 is 24.8 Å². The van der Waals surface area contributed by atoms with Crippen LogP contribution in [0.2, 0.25) is 13.1 Å². The minimum Gasteiger partial charge on any atom is -1.00 e. The van der Waals surface area contributed by atoms with Crippen molar-refractivity contribution in [1.29, 1.82) is 0 Å². The smallest absolute Gasteiger partial charge is 1.00 e. The van der Waals surface area contributed by atoms with Crippen molar-refractivity contribution in [3.63, 3.8) is 0 Å². The van der Waals surface area contributed by atoms with Gasteiger partial charge in [0.15, 0.2) is 0 Å². The van der Waals surface area contributed by atoms with Gasteiger partial charge in [-0.1, -0.05) is 0 Å². The van der Waals surface area contributed by atoms with E-state index < -0.39 is 26.8 Å². The second-order valence-electron chi connectivity index (χ2n) is 10.8. The fraction of sp³-hybridized carbons (Fsp3) is 0.250. The first-order chi connectivity index (χ1) is 17.4. The van der Waals surface area contributed by atoms with E-state index in [4.69, 9.17) is 0 Å². The summed E-state index contributed by atoms with van der Waals surface area (Å²) in [7, 11) is 0. The summed E-state index contributed by atoms with van der Waals surface area (Å²) in [5, 5.41) is 0. The van der Waals surface area contributed by atoms with Gasteiger partial charge in [0.2, 0.25) is 0 Å². The molecule has 6 heteroatoms. The van der Waals surface area contributed by atoms with Gasteiger partial charge in [-0.2, -0.15) is 0 Å². The third-order valence-electron chi connectivity index (χ3n) is 8.06. The minimum atomic E-state index is -2.10. The molecule has 2 aliphatic carbocycles. The first kappa shape index (κ1) is 29.2. The largest absolute Gasteiger partial charge is 1.00 e. The predicted octanol–water partition coefficient (Wildman–Crippen LogP) is 2.02. The van der Waals surface area contributed by atoms with Gasteiger partial charge >= 0.3 is 226 Å². The molecule has 2 atom stereocenters. The number of hydrogen-bond donors (Lipinski definition) is 0. The van der Waals surface area contributed by atoms with Gasteiger partial charge in [-0.05, 0) is 0 Å². The Bertz CT molecular complexity index is 1310. The van der Waals surface area contributed by atoms with Crippen LogP contribution in [0.4, 0.5) is 11.4 Å². The van der Waals surface area contributed by atoms with Crippen LogP contribution in [0, 0.1) is 11.8 Å². The number of halogens is 2. The van der Waals surface area contributed by atoms with Crippen LogP contribution in [-0.2, 0) is 20.9 Å². The second kappa shape index (κ2) is 11.3. The van der Waals surface area contributed by atoms with E-state index in [-0.39, 0.29) is 24.8 Å². The molecule has 2 aromatic carbocycles. The molecule has 38 heavy (non-hydrogen) atoms. The van der Waals surface area contributed by atoms with Crippen LogP contribution < -0.4 is 34.6 Å². The van der Waals surface area contributed by atoms with Crippen molar-refractivity contribution in [3.8, 4) is 0 Å². The zero-order chi connectivity index (χ0) is 25.1. The van der Waals surface area contributed by atoms with Crippen LogP contribution in [0.5, 0.6) is 0 Å². The minimum absolute atomic E-state index is 0. The van der Waals surface area contributed by atoms with E-state index in [1.54, 1.807) is 11.1 Å². The van der Waals surface area contributed by atoms with Crippen molar-refractivity contribution in [1.82, 2.24) is 0 Å². The Balaban J connectivity index is 0.00000168. The Labute approximate surface area is 249 Å². The molecular formula is C32H35Cl2N2SiZr. The third kappa shape index (κ3) is 4.62. The first-order valence-corrected chi connectivity index (χ1v) is 22.8. The summed E-state index contributed by atoms with van der Waals surface area (Å²) in [6, 6.07) is 21.8. The topological polar surface area (TPSA) is 6.48 Å². The van der Waals surface area contributed by atoms with Crippen molar-refractivity contribution < 1.29 is 45.7 Å². The molecule has 0 N–H and O–H groups in total. The Hall–Kier alpha value is -1.84. The molecule has 2 nitrogen and oxygen atoms in total. The van der Waals surface area contributed by atoms with E-state index in [0.717, 1.165) is 0 Å². The molecule has 195 valence electrons. The van der Waals surface area contributed by atoms with E-state index in [1.807, 2.05) is 6.56 Å². The van der Waals surface area contributed by atoms with Crippen molar-refractivity contribution in [2.45, 2.75) is 40.8 Å². The Morgan fingerprint density at radius 2 is 0.974 bits per heavy atom. The molecule has 2 aliphatic heterocycles. The van der Waals surface area contributed by atoms with Gasteiger partial charge in [0.25, 0.3) is 0 Å². The molecular weight excluding hydrogens is 603 g/mol. The van der Waals surface area contributed by atoms with Gasteiger partial charge in [0.05, 0.1) is 0 Å². The zero-order valence-electron chi connectivity index (χ0n) is 23.0. The number of allylic oxidation sites excluding steroid dienone is 8. The second-order valence-corrected chi connectivity index (χ2v) is 29.7. The fourth-order valence-electron chi connectivity index (χ4n) is 6.74. The van der Waals surface area contributed by atoms with Gasteiger partial charge in [-0.15, -0.1) is 0 Å². The molecule has 2 heterocycles. The SMILES string of the molecule is CC1=CC2C(=CC(C)=[C]2[Zr+2]([C]2=C(C)C=C3C2C=C(C)N3c2ccccc2)[SiH](C)C)N1c1ccccc1.[Cl-].[Cl-]. The van der Waals surface area contributed by atoms with Gasteiger partial charge in [0.1, 0.15) is 0 Å². The number of rotatable bonds is 5. The summed E-state index contributed by atoms with van der Waals surface area (Å²) in [5.74, 6) is 0.0535. The molecule has 0 fully saturated rings. The van der Waals surface area contributed by atoms with Crippen LogP contribution in [-0.4, -0.2) is 5.92 Å². The van der Waals surface area contributed by atoms with E-state index in [0.29, 0.717) is 11.8 Å². The summed E-state index contributed by atoms with van der Waals surface area (Å²) in [5.41, 5.74) is 11.4. The number of para-hydroxylation sites is 2. The Morgan fingerprint density at radius 3 is 1.32 bits per heavy atom. The molecule has 0 saturated heterocycles. The maximum atomic E-state index is 2.63. The van der Waals surface area contributed by atoms with Gasteiger partial charge in [-0.3, -0.25) is 0 Å². The summed E-state index contributed by atoms with van der Waals surface area (Å²) >= 11 is -2.10. The number of benzene rings is 2. The monoisotopic (exact) mass is 635 g/mol. The molecule has 2 aromatic rings. The first-order valence-electron chi connectivity index (χ1n) is 13.2. The van der Waals surface area contributed by atoms with Gasteiger partial charge in [-0.25, -0.2) is 0 Å². The van der Waals surface area contributed by atoms with Crippen LogP contribution in [0.1, 0.15) is 27.7 Å². The molecule has 0 aromatic heterocycles. The zero-order valence-corrected chi connectivity index (χ0v) is 28.1. The van der Waals surface area contributed by atoms with Crippen LogP contribution in [0.25, 0.3) is 0 Å². The average molecular weight is 638 g/mol. The van der Waals surface area contributed by atoms with Crippen LogP contribution in [0.3, 0.4) is 0 Å². The number of anilines is 2. The Morgan fingerprint density at radius 1 is 0.605 bits per heavy atom. The van der Waals surface area contributed by atoms with E-state index in [2.05, 4.69) is 136 Å². The number of hydrogen-bond acceptors (Lipinski definition) is 2. The Kier molecular flexibility index (Phi) is 8.70. The average Bonchev–Trinajstić information content (AvgIpc) is 3.53. The molecule has 0 radical (unpaired) electrons. The van der Waals surface area contributed by atoms with E-state index in [9.17, 15) is 0 Å². The molecule has 2 unspecified atom stereocenters. The van der Waals surface area contributed by atoms with Crippen LogP contribution in [0.15, 0.2) is 125 Å². The predicted molar refractivity (Wildman–Crippen MR) is 153 cm³/mol. The molecule has 0 saturated carbocycles. The van der Waals surface area contributed by atoms with Crippen molar-refractivity contribution in [2.24, 2.45) is 11.8 Å². The number of nitrogens with zero attached hydrogens (tertiary/aromatic N) is 2. The maximum Gasteiger partial charge on any atom is -1.00 e. The molecule has 4 aliphatic rings. The van der Waals surface area contributed by atoms with E-state index in [1.165, 1.54) is 34.2 Å². The maximum absolute atomic E-state index is 2.63. The number of fused-ring (bicyclic) bond motifs is 2. The van der Waals surface area contributed by atoms with Crippen LogP contribution >= 0.6 is 0 Å². The van der Waals surface area contributed by atoms with Crippen molar-refractivity contribution in [2.75, 3.05) is 9.80 Å². The fourth-order valence-corrected chi connectivity index (χ4v) is 27.9. The molecule has 0 spiro atoms. The normalized spacial score (nSPS) is 21.6. The molecule has 0 bridgehead atoms. The summed E-state index contributed by atoms with van der Waals surface area (Å²) in [6.07, 6.45) is 10.2. The quantitative estimate of drug-likeness (QED) is 0.464. The summed E-state index contributed by atoms with van der Waals surface area (Å²) in [6.45, 7) is 14.6. The molecule has 0 amide bonds. The molecule has 6 rings (SSSR count). The van der Waals surface area contributed by atoms with Crippen molar-refractivity contribution in [3.05, 3.63) is 125 Å². The summed E-state index contributed by atoms with van der Waals surface area (Å²) < 4.78 is 3.69. The third-order valence-corrected chi connectivity index (χ3v) is 27.7. The van der Waals surface area contributed by atoms with Crippen molar-refractivity contribution >= 4 is 17.3 Å². The van der Waals surface area contributed by atoms with Gasteiger partial charge in [0, 0.05) is 0 Å². The summed E-state index contributed by atoms with van der Waals surface area (Å²) in [4.78, 5) is 5.00. The standard InChI is InChI=1S/2C15H14N.C2H7Si.2ClH.Zr/c2*1-11-8-13-10-12(2)16(15(13)9-11)14-6-4-3-5-7-14;1-3-2;;;/h2*3-7,9-10,13H,1-2H3;3H,1-2H3;2*1H;/q;;;;;+2/p-2. The van der Waals surface area contributed by atoms with E-state index >= 15 is 0 Å².